The first kappa shape index (κ1) is 11.7. The van der Waals surface area contributed by atoms with Gasteiger partial charge in [-0.15, -0.1) is 11.3 Å². The highest BCUT2D eigenvalue weighted by Gasteiger charge is 2.18. The van der Waals surface area contributed by atoms with Crippen LogP contribution in [-0.4, -0.2) is 16.5 Å². The third kappa shape index (κ3) is 2.03. The van der Waals surface area contributed by atoms with Crippen molar-refractivity contribution >= 4 is 34.0 Å². The molecule has 3 rings (SSSR count). The van der Waals surface area contributed by atoms with Crippen molar-refractivity contribution in [3.05, 3.63) is 51.4 Å². The molecule has 3 nitrogen and oxygen atoms in total. The minimum Gasteiger partial charge on any atom is -0.341 e. The third-order valence-electron chi connectivity index (χ3n) is 2.91. The van der Waals surface area contributed by atoms with E-state index in [1.807, 2.05) is 36.4 Å². The summed E-state index contributed by atoms with van der Waals surface area (Å²) in [6.07, 6.45) is 0. The number of fused-ring (bicyclic) bond motifs is 1. The quantitative estimate of drug-likeness (QED) is 0.771. The summed E-state index contributed by atoms with van der Waals surface area (Å²) in [6, 6.07) is 11.9. The Kier molecular flexibility index (Phi) is 3.07. The number of nitrogens with two attached hydrogens (primary N) is 1. The van der Waals surface area contributed by atoms with E-state index in [1.54, 1.807) is 11.3 Å². The van der Waals surface area contributed by atoms with Crippen molar-refractivity contribution < 1.29 is 0 Å². The Hall–Kier alpha value is -1.36. The van der Waals surface area contributed by atoms with E-state index in [4.69, 9.17) is 17.3 Å². The molecule has 0 aliphatic carbocycles. The molecule has 0 radical (unpaired) electrons. The molecule has 0 amide bonds. The highest BCUT2D eigenvalue weighted by molar-refractivity contribution is 7.16. The molecule has 1 unspecified atom stereocenters. The van der Waals surface area contributed by atoms with Gasteiger partial charge in [-0.3, -0.25) is 0 Å². The van der Waals surface area contributed by atoms with E-state index in [9.17, 15) is 0 Å². The number of nitrogens with zero attached hydrogens (tertiary/aromatic N) is 1. The van der Waals surface area contributed by atoms with E-state index < -0.39 is 0 Å². The molecule has 0 aliphatic heterocycles. The van der Waals surface area contributed by atoms with Crippen LogP contribution in [0.5, 0.6) is 0 Å². The maximum Gasteiger partial charge on any atom is 0.116 e. The second-order valence-corrected chi connectivity index (χ2v) is 5.82. The molecule has 3 aromatic rings. The number of benzene rings is 1. The maximum absolute atomic E-state index is 5.97. The van der Waals surface area contributed by atoms with Crippen molar-refractivity contribution in [3.8, 4) is 0 Å². The van der Waals surface area contributed by atoms with Gasteiger partial charge >= 0.3 is 0 Å². The van der Waals surface area contributed by atoms with Crippen LogP contribution in [0, 0.1) is 0 Å². The van der Waals surface area contributed by atoms with Gasteiger partial charge in [0.1, 0.15) is 5.82 Å². The van der Waals surface area contributed by atoms with Gasteiger partial charge in [-0.25, -0.2) is 4.98 Å². The first-order valence-corrected chi connectivity index (χ1v) is 6.87. The molecule has 1 atom stereocenters. The topological polar surface area (TPSA) is 54.7 Å². The van der Waals surface area contributed by atoms with E-state index in [1.165, 1.54) is 0 Å². The van der Waals surface area contributed by atoms with Crippen LogP contribution in [0.3, 0.4) is 0 Å². The number of H-pyrrole nitrogens is 1. The van der Waals surface area contributed by atoms with Crippen molar-refractivity contribution in [2.75, 3.05) is 6.54 Å². The number of hydrogen-bond donors (Lipinski definition) is 2. The fourth-order valence-electron chi connectivity index (χ4n) is 2.02. The summed E-state index contributed by atoms with van der Waals surface area (Å²) < 4.78 is 0.777. The van der Waals surface area contributed by atoms with Gasteiger partial charge in [0.25, 0.3) is 0 Å². The van der Waals surface area contributed by atoms with Crippen LogP contribution in [0.25, 0.3) is 11.0 Å². The number of para-hydroxylation sites is 2. The summed E-state index contributed by atoms with van der Waals surface area (Å²) in [5.74, 6) is 0.979. The monoisotopic (exact) mass is 277 g/mol. The zero-order chi connectivity index (χ0) is 12.5. The predicted molar refractivity (Wildman–Crippen MR) is 76.3 cm³/mol. The molecule has 5 heteroatoms. The fourth-order valence-corrected chi connectivity index (χ4v) is 3.19. The van der Waals surface area contributed by atoms with Gasteiger partial charge in [-0.2, -0.15) is 0 Å². The Morgan fingerprint density at radius 3 is 2.78 bits per heavy atom. The fraction of sp³-hybridized carbons (Fsp3) is 0.154. The largest absolute Gasteiger partial charge is 0.341 e. The molecular formula is C13H12ClN3S. The minimum atomic E-state index is 0.0786. The minimum absolute atomic E-state index is 0.0786. The lowest BCUT2D eigenvalue weighted by Crippen LogP contribution is -2.14. The molecule has 2 heterocycles. The lowest BCUT2D eigenvalue weighted by Gasteiger charge is -2.09. The SMILES string of the molecule is NCC(c1nc2ccccc2[nH]1)c1ccc(Cl)s1. The molecule has 0 saturated heterocycles. The van der Waals surface area contributed by atoms with Gasteiger partial charge in [0.05, 0.1) is 21.3 Å². The van der Waals surface area contributed by atoms with E-state index in [-0.39, 0.29) is 5.92 Å². The van der Waals surface area contributed by atoms with Crippen molar-refractivity contribution in [1.29, 1.82) is 0 Å². The smallest absolute Gasteiger partial charge is 0.116 e. The van der Waals surface area contributed by atoms with E-state index in [0.717, 1.165) is 26.1 Å². The number of thiophene rings is 1. The maximum atomic E-state index is 5.97. The predicted octanol–water partition coefficient (Wildman–Crippen LogP) is 3.37. The van der Waals surface area contributed by atoms with Crippen LogP contribution in [-0.2, 0) is 0 Å². The second kappa shape index (κ2) is 4.72. The summed E-state index contributed by atoms with van der Waals surface area (Å²) in [6.45, 7) is 0.511. The first-order chi connectivity index (χ1) is 8.78. The number of rotatable bonds is 3. The lowest BCUT2D eigenvalue weighted by molar-refractivity contribution is 0.782. The molecule has 0 fully saturated rings. The molecular weight excluding hydrogens is 266 g/mol. The number of aromatic nitrogens is 2. The normalized spacial score (nSPS) is 13.0. The van der Waals surface area contributed by atoms with Crippen molar-refractivity contribution in [3.63, 3.8) is 0 Å². The summed E-state index contributed by atoms with van der Waals surface area (Å²) in [5.41, 5.74) is 7.87. The second-order valence-electron chi connectivity index (χ2n) is 4.07. The Labute approximate surface area is 114 Å². The van der Waals surface area contributed by atoms with Gasteiger partial charge < -0.3 is 10.7 Å². The summed E-state index contributed by atoms with van der Waals surface area (Å²) in [4.78, 5) is 9.06. The summed E-state index contributed by atoms with van der Waals surface area (Å²) in [7, 11) is 0. The number of nitrogens with one attached hydrogen (secondary N) is 1. The molecule has 0 spiro atoms. The Balaban J connectivity index is 2.05. The number of halogens is 1. The number of aromatic amines is 1. The lowest BCUT2D eigenvalue weighted by atomic mass is 10.1. The van der Waals surface area contributed by atoms with Crippen LogP contribution in [0.2, 0.25) is 4.34 Å². The molecule has 18 heavy (non-hydrogen) atoms. The third-order valence-corrected chi connectivity index (χ3v) is 4.26. The zero-order valence-corrected chi connectivity index (χ0v) is 11.1. The van der Waals surface area contributed by atoms with Crippen molar-refractivity contribution in [2.24, 2.45) is 5.73 Å². The molecule has 92 valence electrons. The van der Waals surface area contributed by atoms with Crippen LogP contribution >= 0.6 is 22.9 Å². The average Bonchev–Trinajstić information content (AvgIpc) is 2.96. The molecule has 1 aromatic carbocycles. The number of hydrogen-bond acceptors (Lipinski definition) is 3. The van der Waals surface area contributed by atoms with E-state index >= 15 is 0 Å². The highest BCUT2D eigenvalue weighted by atomic mass is 35.5. The van der Waals surface area contributed by atoms with E-state index in [2.05, 4.69) is 9.97 Å². The standard InChI is InChI=1S/C13H12ClN3S/c14-12-6-5-11(18-12)8(7-15)13-16-9-3-1-2-4-10(9)17-13/h1-6,8H,7,15H2,(H,16,17). The Bertz CT molecular complexity index is 640. The summed E-state index contributed by atoms with van der Waals surface area (Å²) >= 11 is 7.53. The van der Waals surface area contributed by atoms with Gasteiger partial charge in [0.15, 0.2) is 0 Å². The number of imidazole rings is 1. The van der Waals surface area contributed by atoms with Crippen LogP contribution in [0.4, 0.5) is 0 Å². The Morgan fingerprint density at radius 1 is 1.28 bits per heavy atom. The van der Waals surface area contributed by atoms with Gasteiger partial charge in [0.2, 0.25) is 0 Å². The van der Waals surface area contributed by atoms with Crippen LogP contribution in [0.1, 0.15) is 16.6 Å². The summed E-state index contributed by atoms with van der Waals surface area (Å²) in [5, 5.41) is 0. The Morgan fingerprint density at radius 2 is 2.11 bits per heavy atom. The van der Waals surface area contributed by atoms with Gasteiger partial charge in [-0.05, 0) is 24.3 Å². The van der Waals surface area contributed by atoms with Crippen LogP contribution in [0.15, 0.2) is 36.4 Å². The highest BCUT2D eigenvalue weighted by Crippen LogP contribution is 2.31. The van der Waals surface area contributed by atoms with Crippen molar-refractivity contribution in [1.82, 2.24) is 9.97 Å². The van der Waals surface area contributed by atoms with Crippen LogP contribution < -0.4 is 5.73 Å². The molecule has 0 aliphatic rings. The molecule has 0 bridgehead atoms. The van der Waals surface area contributed by atoms with E-state index in [0.29, 0.717) is 6.54 Å². The first-order valence-electron chi connectivity index (χ1n) is 5.68. The van der Waals surface area contributed by atoms with Gasteiger partial charge in [0, 0.05) is 11.4 Å². The van der Waals surface area contributed by atoms with Gasteiger partial charge in [-0.1, -0.05) is 23.7 Å². The average molecular weight is 278 g/mol. The molecule has 2 aromatic heterocycles. The zero-order valence-electron chi connectivity index (χ0n) is 9.56. The molecule has 0 saturated carbocycles. The van der Waals surface area contributed by atoms with Crippen molar-refractivity contribution in [2.45, 2.75) is 5.92 Å². The molecule has 3 N–H and O–H groups in total.